The average Bonchev–Trinajstić information content (AvgIpc) is 3.15. The number of hydrogen-bond donors (Lipinski definition) is 0. The molecule has 0 amide bonds. The van der Waals surface area contributed by atoms with Gasteiger partial charge < -0.3 is 0 Å². The van der Waals surface area contributed by atoms with Crippen molar-refractivity contribution in [1.29, 1.82) is 0 Å². The molecule has 1 atom stereocenters. The van der Waals surface area contributed by atoms with Gasteiger partial charge in [-0.1, -0.05) is 58.8 Å². The van der Waals surface area contributed by atoms with E-state index in [4.69, 9.17) is 4.99 Å². The van der Waals surface area contributed by atoms with Crippen molar-refractivity contribution < 1.29 is 0 Å². The van der Waals surface area contributed by atoms with Gasteiger partial charge in [0, 0.05) is 22.3 Å². The van der Waals surface area contributed by atoms with Gasteiger partial charge in [0.25, 0.3) is 0 Å². The van der Waals surface area contributed by atoms with Crippen LogP contribution in [0.25, 0.3) is 16.3 Å². The van der Waals surface area contributed by atoms with E-state index >= 15 is 0 Å². The van der Waals surface area contributed by atoms with Crippen molar-refractivity contribution in [1.82, 2.24) is 0 Å². The summed E-state index contributed by atoms with van der Waals surface area (Å²) in [5.74, 6) is 1.74. The second-order valence-electron chi connectivity index (χ2n) is 7.13. The Labute approximate surface area is 161 Å². The maximum absolute atomic E-state index is 4.74. The van der Waals surface area contributed by atoms with E-state index in [2.05, 4.69) is 59.3 Å². The first-order chi connectivity index (χ1) is 12.2. The van der Waals surface area contributed by atoms with Crippen molar-refractivity contribution in [2.75, 3.05) is 12.3 Å². The van der Waals surface area contributed by atoms with Crippen molar-refractivity contribution in [3.8, 4) is 0 Å². The smallest absolute Gasteiger partial charge is 0.0995 e. The molecule has 0 radical (unpaired) electrons. The largest absolute Gasteiger partial charge is 0.277 e. The number of thioether (sulfide) groups is 1. The zero-order valence-corrected chi connectivity index (χ0v) is 16.7. The Balaban J connectivity index is 1.79. The van der Waals surface area contributed by atoms with Crippen LogP contribution >= 0.6 is 27.7 Å². The van der Waals surface area contributed by atoms with Crippen LogP contribution in [0.2, 0.25) is 0 Å². The fourth-order valence-corrected chi connectivity index (χ4v) is 6.09. The third kappa shape index (κ3) is 2.47. The van der Waals surface area contributed by atoms with Crippen molar-refractivity contribution in [3.05, 3.63) is 63.2 Å². The van der Waals surface area contributed by atoms with E-state index in [1.807, 2.05) is 11.8 Å². The van der Waals surface area contributed by atoms with Crippen LogP contribution in [0, 0.1) is 5.92 Å². The van der Waals surface area contributed by atoms with Gasteiger partial charge in [0.2, 0.25) is 0 Å². The summed E-state index contributed by atoms with van der Waals surface area (Å²) in [6.07, 6.45) is 8.27. The van der Waals surface area contributed by atoms with Crippen LogP contribution in [0.1, 0.15) is 36.5 Å². The van der Waals surface area contributed by atoms with E-state index in [1.54, 1.807) is 5.57 Å². The number of aliphatic imine (C=N–C) groups is 1. The zero-order valence-electron chi connectivity index (χ0n) is 14.3. The molecule has 0 saturated heterocycles. The minimum absolute atomic E-state index is 0.642. The first-order valence-electron chi connectivity index (χ1n) is 9.05. The second-order valence-corrected chi connectivity index (χ2v) is 9.07. The number of rotatable bonds is 1. The first-order valence-corrected chi connectivity index (χ1v) is 10.8. The summed E-state index contributed by atoms with van der Waals surface area (Å²) in [6, 6.07) is 9.18. The lowest BCUT2D eigenvalue weighted by molar-refractivity contribution is 0.634. The molecule has 1 heterocycles. The number of benzene rings is 2. The Bertz CT molecular complexity index is 983. The Kier molecular flexibility index (Phi) is 3.90. The van der Waals surface area contributed by atoms with E-state index in [-0.39, 0.29) is 0 Å². The molecule has 0 bridgehead atoms. The lowest BCUT2D eigenvalue weighted by atomic mass is 9.74. The molecule has 1 nitrogen and oxygen atoms in total. The molecule has 2 aliphatic carbocycles. The standard InChI is InChI=1S/C22H20BrNS/c1-13-12-19-16(15-5-3-2-4-14(13)15)6-7-18-17(19)8-9-20(23)21(18)22-24-10-11-25-22/h3,5-9,13H,2,4,10-12H2,1H3. The van der Waals surface area contributed by atoms with Crippen LogP contribution in [0.3, 0.4) is 0 Å². The normalized spacial score (nSPS) is 22.2. The second kappa shape index (κ2) is 6.14. The van der Waals surface area contributed by atoms with E-state index < -0.39 is 0 Å². The zero-order chi connectivity index (χ0) is 17.0. The van der Waals surface area contributed by atoms with Crippen molar-refractivity contribution >= 4 is 49.1 Å². The molecule has 25 heavy (non-hydrogen) atoms. The van der Waals surface area contributed by atoms with Gasteiger partial charge in [0.1, 0.15) is 0 Å². The molecule has 126 valence electrons. The molecular weight excluding hydrogens is 390 g/mol. The van der Waals surface area contributed by atoms with Gasteiger partial charge in [-0.3, -0.25) is 4.99 Å². The van der Waals surface area contributed by atoms with Gasteiger partial charge in [-0.2, -0.15) is 0 Å². The van der Waals surface area contributed by atoms with Gasteiger partial charge in [-0.25, -0.2) is 0 Å². The topological polar surface area (TPSA) is 12.4 Å². The first kappa shape index (κ1) is 15.9. The Hall–Kier alpha value is -1.32. The lowest BCUT2D eigenvalue weighted by Crippen LogP contribution is -2.15. The van der Waals surface area contributed by atoms with E-state index in [1.165, 1.54) is 50.9 Å². The summed E-state index contributed by atoms with van der Waals surface area (Å²) in [6.45, 7) is 3.33. The highest BCUT2D eigenvalue weighted by Crippen LogP contribution is 2.44. The summed E-state index contributed by atoms with van der Waals surface area (Å²) in [5, 5.41) is 3.94. The molecule has 2 aromatic carbocycles. The highest BCUT2D eigenvalue weighted by atomic mass is 79.9. The molecule has 2 aromatic rings. The molecule has 0 N–H and O–H groups in total. The van der Waals surface area contributed by atoms with Gasteiger partial charge in [0.15, 0.2) is 0 Å². The summed E-state index contributed by atoms with van der Waals surface area (Å²) < 4.78 is 1.16. The fourth-order valence-electron chi connectivity index (χ4n) is 4.50. The van der Waals surface area contributed by atoms with E-state index in [0.717, 1.165) is 23.2 Å². The van der Waals surface area contributed by atoms with Crippen molar-refractivity contribution in [2.24, 2.45) is 10.9 Å². The van der Waals surface area contributed by atoms with Crippen LogP contribution in [-0.4, -0.2) is 17.3 Å². The van der Waals surface area contributed by atoms with Gasteiger partial charge in [0.05, 0.1) is 5.04 Å². The van der Waals surface area contributed by atoms with Crippen LogP contribution in [-0.2, 0) is 6.42 Å². The average molecular weight is 410 g/mol. The molecule has 1 aliphatic heterocycles. The number of fused-ring (bicyclic) bond motifs is 4. The Morgan fingerprint density at radius 1 is 1.16 bits per heavy atom. The summed E-state index contributed by atoms with van der Waals surface area (Å²) >= 11 is 5.66. The fraction of sp³-hybridized carbons (Fsp3) is 0.318. The van der Waals surface area contributed by atoms with Crippen LogP contribution in [0.5, 0.6) is 0 Å². The Morgan fingerprint density at radius 3 is 2.88 bits per heavy atom. The minimum Gasteiger partial charge on any atom is -0.277 e. The lowest BCUT2D eigenvalue weighted by Gasteiger charge is -2.30. The maximum Gasteiger partial charge on any atom is 0.0995 e. The maximum atomic E-state index is 4.74. The summed E-state index contributed by atoms with van der Waals surface area (Å²) in [4.78, 5) is 4.74. The predicted octanol–water partition coefficient (Wildman–Crippen LogP) is 6.39. The summed E-state index contributed by atoms with van der Waals surface area (Å²) in [7, 11) is 0. The number of nitrogens with zero attached hydrogens (tertiary/aromatic N) is 1. The quantitative estimate of drug-likeness (QED) is 0.531. The third-order valence-electron chi connectivity index (χ3n) is 5.67. The van der Waals surface area contributed by atoms with Gasteiger partial charge in [-0.15, -0.1) is 11.8 Å². The molecule has 0 spiro atoms. The van der Waals surface area contributed by atoms with Gasteiger partial charge >= 0.3 is 0 Å². The van der Waals surface area contributed by atoms with Crippen molar-refractivity contribution in [3.63, 3.8) is 0 Å². The van der Waals surface area contributed by atoms with Crippen molar-refractivity contribution in [2.45, 2.75) is 26.2 Å². The highest BCUT2D eigenvalue weighted by molar-refractivity contribution is 9.10. The minimum atomic E-state index is 0.642. The molecule has 1 unspecified atom stereocenters. The summed E-state index contributed by atoms with van der Waals surface area (Å²) in [5.41, 5.74) is 7.40. The molecule has 0 aromatic heterocycles. The number of halogens is 1. The predicted molar refractivity (Wildman–Crippen MR) is 114 cm³/mol. The van der Waals surface area contributed by atoms with Crippen LogP contribution < -0.4 is 0 Å². The molecule has 5 rings (SSSR count). The van der Waals surface area contributed by atoms with Gasteiger partial charge in [-0.05, 0) is 58.7 Å². The van der Waals surface area contributed by atoms with Crippen LogP contribution in [0.15, 0.2) is 51.5 Å². The molecule has 3 aliphatic rings. The van der Waals surface area contributed by atoms with Crippen LogP contribution in [0.4, 0.5) is 0 Å². The number of hydrogen-bond acceptors (Lipinski definition) is 2. The van der Waals surface area contributed by atoms with E-state index in [9.17, 15) is 0 Å². The molecular formula is C22H20BrNS. The van der Waals surface area contributed by atoms with E-state index in [0.29, 0.717) is 5.92 Å². The monoisotopic (exact) mass is 409 g/mol. The third-order valence-corrected chi connectivity index (χ3v) is 7.32. The SMILES string of the molecule is CC1Cc2c(ccc3c(C4=NCCS4)c(Br)ccc23)C2=C1CCC=C2. The highest BCUT2D eigenvalue weighted by Gasteiger charge is 2.27. The number of allylic oxidation sites excluding steroid dienone is 4. The molecule has 0 fully saturated rings. The molecule has 3 heteroatoms. The Morgan fingerprint density at radius 2 is 2.04 bits per heavy atom. The molecule has 0 saturated carbocycles.